The Labute approximate surface area is 159 Å². The van der Waals surface area contributed by atoms with E-state index in [1.54, 1.807) is 12.1 Å². The van der Waals surface area contributed by atoms with E-state index in [2.05, 4.69) is 15.9 Å². The number of aryl methyl sites for hydroxylation is 1. The van der Waals surface area contributed by atoms with E-state index in [4.69, 9.17) is 10.5 Å². The summed E-state index contributed by atoms with van der Waals surface area (Å²) in [5.74, 6) is 0. The number of hydrogen-bond acceptors (Lipinski definition) is 2. The number of rotatable bonds is 1. The topological polar surface area (TPSA) is 47.6 Å². The minimum atomic E-state index is -4.40. The van der Waals surface area contributed by atoms with Crippen LogP contribution in [0.2, 0.25) is 0 Å². The van der Waals surface area contributed by atoms with Crippen molar-refractivity contribution < 1.29 is 26.3 Å². The number of benzene rings is 2. The second-order valence-electron chi connectivity index (χ2n) is 5.36. The second-order valence-corrected chi connectivity index (χ2v) is 5.92. The number of hydrogen-bond donors (Lipinski definition) is 0. The van der Waals surface area contributed by atoms with E-state index in [1.807, 2.05) is 0 Å². The summed E-state index contributed by atoms with van der Waals surface area (Å²) in [6.07, 6.45) is -8.78. The van der Waals surface area contributed by atoms with E-state index in [0.29, 0.717) is 16.5 Å². The summed E-state index contributed by atoms with van der Waals surface area (Å²) in [5, 5.41) is 17.2. The molecule has 2 aromatic rings. The highest BCUT2D eigenvalue weighted by atomic mass is 79.9. The van der Waals surface area contributed by atoms with Crippen LogP contribution in [-0.4, -0.2) is 0 Å². The van der Waals surface area contributed by atoms with Crippen LogP contribution in [0.5, 0.6) is 0 Å². The first-order valence-electron chi connectivity index (χ1n) is 7.17. The molecule has 0 N–H and O–H groups in total. The van der Waals surface area contributed by atoms with Gasteiger partial charge < -0.3 is 0 Å². The van der Waals surface area contributed by atoms with Gasteiger partial charge in [0.2, 0.25) is 0 Å². The summed E-state index contributed by atoms with van der Waals surface area (Å²) >= 11 is 3.04. The van der Waals surface area contributed by atoms with E-state index in [-0.39, 0.29) is 11.1 Å². The first-order chi connectivity index (χ1) is 12.4. The van der Waals surface area contributed by atoms with E-state index in [0.717, 1.165) is 24.3 Å². The standard InChI is InChI=1S/C9H5BrF3N.C9H6F3N/c10-4-6-1-7(5-14)3-8(2-6)9(11,12)13;1-6-2-7(5-13)4-8(3-6)9(10,11)12/h1-3H,4H2;2-4H,1H3. The third kappa shape index (κ3) is 6.95. The normalized spacial score (nSPS) is 11.0. The van der Waals surface area contributed by atoms with Crippen LogP contribution in [-0.2, 0) is 17.7 Å². The molecular formula is C18H11BrF6N2. The van der Waals surface area contributed by atoms with Gasteiger partial charge in [0, 0.05) is 5.33 Å². The molecule has 0 aliphatic rings. The fourth-order valence-corrected chi connectivity index (χ4v) is 2.33. The Kier molecular flexibility index (Phi) is 7.44. The lowest BCUT2D eigenvalue weighted by Crippen LogP contribution is -2.05. The smallest absolute Gasteiger partial charge is 0.192 e. The fraction of sp³-hybridized carbons (Fsp3) is 0.222. The van der Waals surface area contributed by atoms with E-state index in [9.17, 15) is 26.3 Å². The molecule has 2 nitrogen and oxygen atoms in total. The SMILES string of the molecule is Cc1cc(C#N)cc(C(F)(F)F)c1.N#Cc1cc(CBr)cc(C(F)(F)F)c1. The Morgan fingerprint density at radius 1 is 0.778 bits per heavy atom. The van der Waals surface area contributed by atoms with Gasteiger partial charge in [-0.25, -0.2) is 0 Å². The predicted molar refractivity (Wildman–Crippen MR) is 89.7 cm³/mol. The van der Waals surface area contributed by atoms with Crippen molar-refractivity contribution in [1.29, 1.82) is 10.5 Å². The van der Waals surface area contributed by atoms with E-state index >= 15 is 0 Å². The Balaban J connectivity index is 0.000000271. The molecule has 0 aliphatic carbocycles. The van der Waals surface area contributed by atoms with Gasteiger partial charge in [0.25, 0.3) is 0 Å². The number of alkyl halides is 7. The Hall–Kier alpha value is -2.52. The molecule has 0 unspecified atom stereocenters. The van der Waals surface area contributed by atoms with Crippen molar-refractivity contribution in [3.8, 4) is 12.1 Å². The summed E-state index contributed by atoms with van der Waals surface area (Å²) < 4.78 is 73.4. The Bertz CT molecular complexity index is 889. The van der Waals surface area contributed by atoms with Gasteiger partial charge in [0.15, 0.2) is 0 Å². The van der Waals surface area contributed by atoms with Gasteiger partial charge in [-0.15, -0.1) is 0 Å². The van der Waals surface area contributed by atoms with Crippen molar-refractivity contribution in [2.75, 3.05) is 0 Å². The molecule has 27 heavy (non-hydrogen) atoms. The van der Waals surface area contributed by atoms with Gasteiger partial charge in [-0.1, -0.05) is 15.9 Å². The van der Waals surface area contributed by atoms with Gasteiger partial charge in [-0.05, 0) is 54.4 Å². The molecule has 142 valence electrons. The molecule has 0 saturated carbocycles. The maximum atomic E-state index is 12.3. The summed E-state index contributed by atoms with van der Waals surface area (Å²) in [4.78, 5) is 0. The minimum Gasteiger partial charge on any atom is -0.192 e. The molecule has 9 heteroatoms. The monoisotopic (exact) mass is 448 g/mol. The molecule has 0 aromatic heterocycles. The molecule has 0 bridgehead atoms. The lowest BCUT2D eigenvalue weighted by atomic mass is 10.1. The molecule has 0 radical (unpaired) electrons. The molecule has 0 fully saturated rings. The summed E-state index contributed by atoms with van der Waals surface area (Å²) in [5.41, 5.74) is -0.626. The molecule has 0 atom stereocenters. The van der Waals surface area contributed by atoms with Crippen LogP contribution in [0.25, 0.3) is 0 Å². The molecule has 0 saturated heterocycles. The minimum absolute atomic E-state index is 0.0225. The molecular weight excluding hydrogens is 438 g/mol. The van der Waals surface area contributed by atoms with Crippen LogP contribution in [0.4, 0.5) is 26.3 Å². The number of halogens is 7. The van der Waals surface area contributed by atoms with Crippen LogP contribution in [0.15, 0.2) is 36.4 Å². The Morgan fingerprint density at radius 3 is 1.63 bits per heavy atom. The molecule has 0 spiro atoms. The second kappa shape index (κ2) is 8.92. The summed E-state index contributed by atoms with van der Waals surface area (Å²) in [6.45, 7) is 1.52. The average molecular weight is 449 g/mol. The zero-order chi connectivity index (χ0) is 20.8. The van der Waals surface area contributed by atoms with Crippen molar-refractivity contribution in [3.05, 3.63) is 69.8 Å². The zero-order valence-corrected chi connectivity index (χ0v) is 15.3. The highest BCUT2D eigenvalue weighted by molar-refractivity contribution is 9.08. The third-order valence-electron chi connectivity index (χ3n) is 3.14. The van der Waals surface area contributed by atoms with Crippen molar-refractivity contribution in [2.45, 2.75) is 24.6 Å². The molecule has 0 aliphatic heterocycles. The van der Waals surface area contributed by atoms with E-state index < -0.39 is 23.5 Å². The van der Waals surface area contributed by atoms with Crippen molar-refractivity contribution in [2.24, 2.45) is 0 Å². The zero-order valence-electron chi connectivity index (χ0n) is 13.7. The quantitative estimate of drug-likeness (QED) is 0.376. The molecule has 2 rings (SSSR count). The third-order valence-corrected chi connectivity index (χ3v) is 3.78. The highest BCUT2D eigenvalue weighted by Gasteiger charge is 2.31. The summed E-state index contributed by atoms with van der Waals surface area (Å²) in [6, 6.07) is 9.92. The summed E-state index contributed by atoms with van der Waals surface area (Å²) in [7, 11) is 0. The predicted octanol–water partition coefficient (Wildman–Crippen LogP) is 6.36. The average Bonchev–Trinajstić information content (AvgIpc) is 2.59. The first-order valence-corrected chi connectivity index (χ1v) is 8.29. The highest BCUT2D eigenvalue weighted by Crippen LogP contribution is 2.31. The largest absolute Gasteiger partial charge is 0.416 e. The first kappa shape index (κ1) is 22.5. The number of nitriles is 2. The van der Waals surface area contributed by atoms with Crippen molar-refractivity contribution in [3.63, 3.8) is 0 Å². The molecule has 2 aromatic carbocycles. The van der Waals surface area contributed by atoms with Crippen molar-refractivity contribution >= 4 is 15.9 Å². The van der Waals surface area contributed by atoms with Crippen LogP contribution < -0.4 is 0 Å². The lowest BCUT2D eigenvalue weighted by Gasteiger charge is -2.08. The van der Waals surface area contributed by atoms with Crippen LogP contribution in [0.3, 0.4) is 0 Å². The lowest BCUT2D eigenvalue weighted by molar-refractivity contribution is -0.138. The van der Waals surface area contributed by atoms with Gasteiger partial charge >= 0.3 is 12.4 Å². The maximum Gasteiger partial charge on any atom is 0.416 e. The van der Waals surface area contributed by atoms with Crippen LogP contribution >= 0.6 is 15.9 Å². The van der Waals surface area contributed by atoms with Crippen LogP contribution in [0, 0.1) is 29.6 Å². The molecule has 0 heterocycles. The maximum absolute atomic E-state index is 12.3. The Morgan fingerprint density at radius 2 is 1.22 bits per heavy atom. The number of nitrogens with zero attached hydrogens (tertiary/aromatic N) is 2. The van der Waals surface area contributed by atoms with E-state index in [1.165, 1.54) is 19.1 Å². The molecule has 0 amide bonds. The van der Waals surface area contributed by atoms with Gasteiger partial charge in [-0.2, -0.15) is 36.9 Å². The van der Waals surface area contributed by atoms with Crippen molar-refractivity contribution in [1.82, 2.24) is 0 Å². The van der Waals surface area contributed by atoms with Gasteiger partial charge in [-0.3, -0.25) is 0 Å². The fourth-order valence-electron chi connectivity index (χ4n) is 2.01. The van der Waals surface area contributed by atoms with Gasteiger partial charge in [0.1, 0.15) is 0 Å². The van der Waals surface area contributed by atoms with Crippen LogP contribution in [0.1, 0.15) is 33.4 Å². The van der Waals surface area contributed by atoms with Gasteiger partial charge in [0.05, 0.1) is 34.4 Å².